The minimum Gasteiger partial charge on any atom is -0.136 e. The van der Waals surface area contributed by atoms with Gasteiger partial charge in [-0.3, -0.25) is 0 Å². The fourth-order valence-electron chi connectivity index (χ4n) is 0.722. The molecule has 1 aromatic heterocycles. The first kappa shape index (κ1) is 9.30. The fourth-order valence-corrected chi connectivity index (χ4v) is 1.93. The summed E-state index contributed by atoms with van der Waals surface area (Å²) in [6.07, 6.45) is 2.09. The number of halogens is 2. The van der Waals surface area contributed by atoms with Crippen LogP contribution in [0.5, 0.6) is 0 Å². The van der Waals surface area contributed by atoms with Gasteiger partial charge in [0.25, 0.3) is 0 Å². The third-order valence-corrected chi connectivity index (χ3v) is 3.16. The van der Waals surface area contributed by atoms with E-state index in [4.69, 9.17) is 11.6 Å². The summed E-state index contributed by atoms with van der Waals surface area (Å²) in [5, 5.41) is 2.10. The molecule has 1 rings (SSSR count). The summed E-state index contributed by atoms with van der Waals surface area (Å²) in [6, 6.07) is 2.08. The Labute approximate surface area is 84.0 Å². The molecule has 1 heterocycles. The van der Waals surface area contributed by atoms with Gasteiger partial charge in [-0.25, -0.2) is 0 Å². The van der Waals surface area contributed by atoms with Gasteiger partial charge >= 0.3 is 0 Å². The number of rotatable bonds is 2. The van der Waals surface area contributed by atoms with Crippen LogP contribution in [0.1, 0.15) is 12.5 Å². The molecule has 0 fully saturated rings. The van der Waals surface area contributed by atoms with Crippen molar-refractivity contribution in [2.24, 2.45) is 0 Å². The zero-order valence-electron chi connectivity index (χ0n) is 6.10. The van der Waals surface area contributed by atoms with Gasteiger partial charge in [0.2, 0.25) is 0 Å². The minimum absolute atomic E-state index is 0.605. The third kappa shape index (κ3) is 2.97. The van der Waals surface area contributed by atoms with Crippen LogP contribution in [0.4, 0.5) is 0 Å². The topological polar surface area (TPSA) is 0 Å². The number of alkyl halides is 1. The van der Waals surface area contributed by atoms with E-state index in [0.717, 1.165) is 3.79 Å². The molecule has 0 unspecified atom stereocenters. The van der Waals surface area contributed by atoms with Crippen LogP contribution in [0.25, 0.3) is 6.08 Å². The molecule has 0 amide bonds. The summed E-state index contributed by atoms with van der Waals surface area (Å²) >= 11 is 10.7. The maximum atomic E-state index is 5.63. The molecule has 0 saturated carbocycles. The Bertz CT molecular complexity index is 265. The van der Waals surface area contributed by atoms with Gasteiger partial charge in [-0.15, -0.1) is 22.9 Å². The highest BCUT2D eigenvalue weighted by Gasteiger charge is 1.93. The highest BCUT2D eigenvalue weighted by Crippen LogP contribution is 2.22. The first-order valence-corrected chi connectivity index (χ1v) is 5.40. The first-order chi connectivity index (χ1) is 5.22. The molecule has 60 valence electrons. The summed E-state index contributed by atoms with van der Waals surface area (Å²) in [5.74, 6) is 0.605. The van der Waals surface area contributed by atoms with Crippen LogP contribution in [-0.2, 0) is 0 Å². The molecule has 0 aliphatic carbocycles. The van der Waals surface area contributed by atoms with Crippen molar-refractivity contribution in [3.8, 4) is 0 Å². The summed E-state index contributed by atoms with van der Waals surface area (Å²) in [5.41, 5.74) is 2.41. The molecule has 0 atom stereocenters. The minimum atomic E-state index is 0.605. The van der Waals surface area contributed by atoms with E-state index >= 15 is 0 Å². The van der Waals surface area contributed by atoms with Gasteiger partial charge in [-0.1, -0.05) is 11.6 Å². The number of hydrogen-bond acceptors (Lipinski definition) is 1. The van der Waals surface area contributed by atoms with Gasteiger partial charge in [0.05, 0.1) is 3.79 Å². The molecule has 0 spiro atoms. The molecular formula is C8H8BrClS. The molecule has 0 nitrogen and oxygen atoms in total. The van der Waals surface area contributed by atoms with E-state index in [1.807, 2.05) is 6.92 Å². The quantitative estimate of drug-likeness (QED) is 0.693. The Hall–Kier alpha value is 0.210. The molecule has 1 aromatic rings. The van der Waals surface area contributed by atoms with Crippen molar-refractivity contribution in [3.05, 3.63) is 26.4 Å². The molecule has 3 heteroatoms. The zero-order chi connectivity index (χ0) is 8.27. The zero-order valence-corrected chi connectivity index (χ0v) is 9.26. The van der Waals surface area contributed by atoms with Crippen molar-refractivity contribution in [1.82, 2.24) is 0 Å². The molecule has 0 aliphatic heterocycles. The highest BCUT2D eigenvalue weighted by molar-refractivity contribution is 9.11. The van der Waals surface area contributed by atoms with Gasteiger partial charge < -0.3 is 0 Å². The van der Waals surface area contributed by atoms with Crippen molar-refractivity contribution < 1.29 is 0 Å². The second-order valence-corrected chi connectivity index (χ2v) is 4.87. The first-order valence-electron chi connectivity index (χ1n) is 3.19. The van der Waals surface area contributed by atoms with Crippen molar-refractivity contribution in [3.63, 3.8) is 0 Å². The second kappa shape index (κ2) is 4.29. The Balaban J connectivity index is 2.78. The molecule has 11 heavy (non-hydrogen) atoms. The Morgan fingerprint density at radius 1 is 1.82 bits per heavy atom. The van der Waals surface area contributed by atoms with Crippen LogP contribution >= 0.6 is 38.9 Å². The SMILES string of the molecule is C/C(=C\c1csc(Br)c1)CCl. The molecule has 0 aliphatic rings. The van der Waals surface area contributed by atoms with Crippen molar-refractivity contribution >= 4 is 44.9 Å². The third-order valence-electron chi connectivity index (χ3n) is 1.21. The van der Waals surface area contributed by atoms with Crippen LogP contribution in [0.15, 0.2) is 20.8 Å². The summed E-state index contributed by atoms with van der Waals surface area (Å²) < 4.78 is 1.16. The fraction of sp³-hybridized carbons (Fsp3) is 0.250. The van der Waals surface area contributed by atoms with Gasteiger partial charge in [0.1, 0.15) is 0 Å². The summed E-state index contributed by atoms with van der Waals surface area (Å²) in [7, 11) is 0. The predicted octanol–water partition coefficient (Wildman–Crippen LogP) is 4.15. The molecule has 0 N–H and O–H groups in total. The van der Waals surface area contributed by atoms with E-state index in [9.17, 15) is 0 Å². The van der Waals surface area contributed by atoms with Crippen LogP contribution in [0.2, 0.25) is 0 Å². The predicted molar refractivity (Wildman–Crippen MR) is 56.4 cm³/mol. The molecule has 0 aromatic carbocycles. The molecule has 0 bridgehead atoms. The Morgan fingerprint density at radius 2 is 2.55 bits per heavy atom. The lowest BCUT2D eigenvalue weighted by molar-refractivity contribution is 1.43. The van der Waals surface area contributed by atoms with Crippen molar-refractivity contribution in [2.75, 3.05) is 5.88 Å². The van der Waals surface area contributed by atoms with E-state index in [-0.39, 0.29) is 0 Å². The lowest BCUT2D eigenvalue weighted by atomic mass is 10.2. The average molecular weight is 252 g/mol. The molecular weight excluding hydrogens is 244 g/mol. The van der Waals surface area contributed by atoms with Crippen LogP contribution < -0.4 is 0 Å². The Morgan fingerprint density at radius 3 is 3.00 bits per heavy atom. The van der Waals surface area contributed by atoms with E-state index < -0.39 is 0 Å². The Kier molecular flexibility index (Phi) is 3.63. The van der Waals surface area contributed by atoms with Gasteiger partial charge in [0, 0.05) is 5.88 Å². The molecule has 0 radical (unpaired) electrons. The monoisotopic (exact) mass is 250 g/mol. The van der Waals surface area contributed by atoms with Crippen molar-refractivity contribution in [2.45, 2.75) is 6.92 Å². The summed E-state index contributed by atoms with van der Waals surface area (Å²) in [6.45, 7) is 2.03. The van der Waals surface area contributed by atoms with Crippen LogP contribution in [0, 0.1) is 0 Å². The standard InChI is InChI=1S/C8H8BrClS/c1-6(4-10)2-7-3-8(9)11-5-7/h2-3,5H,4H2,1H3/b6-2+. The maximum Gasteiger partial charge on any atom is 0.0704 e. The maximum absolute atomic E-state index is 5.63. The van der Waals surface area contributed by atoms with Gasteiger partial charge in [-0.2, -0.15) is 0 Å². The van der Waals surface area contributed by atoms with E-state index in [1.165, 1.54) is 11.1 Å². The average Bonchev–Trinajstić information content (AvgIpc) is 2.35. The lowest BCUT2D eigenvalue weighted by Crippen LogP contribution is -1.74. The summed E-state index contributed by atoms with van der Waals surface area (Å²) in [4.78, 5) is 0. The van der Waals surface area contributed by atoms with Crippen LogP contribution in [-0.4, -0.2) is 5.88 Å². The number of hydrogen-bond donors (Lipinski definition) is 0. The number of thiophene rings is 1. The lowest BCUT2D eigenvalue weighted by Gasteiger charge is -1.89. The van der Waals surface area contributed by atoms with Gasteiger partial charge in [-0.05, 0) is 39.9 Å². The van der Waals surface area contributed by atoms with E-state index in [0.29, 0.717) is 5.88 Å². The van der Waals surface area contributed by atoms with E-state index in [1.54, 1.807) is 11.3 Å². The van der Waals surface area contributed by atoms with E-state index in [2.05, 4.69) is 33.5 Å². The van der Waals surface area contributed by atoms with Gasteiger partial charge in [0.15, 0.2) is 0 Å². The largest absolute Gasteiger partial charge is 0.136 e. The molecule has 0 saturated heterocycles. The number of allylic oxidation sites excluding steroid dienone is 1. The second-order valence-electron chi connectivity index (χ2n) is 2.31. The van der Waals surface area contributed by atoms with Crippen LogP contribution in [0.3, 0.4) is 0 Å². The van der Waals surface area contributed by atoms with Crippen molar-refractivity contribution in [1.29, 1.82) is 0 Å². The normalized spacial score (nSPS) is 12.1. The highest BCUT2D eigenvalue weighted by atomic mass is 79.9. The smallest absolute Gasteiger partial charge is 0.0704 e.